The molecule has 1 aliphatic carbocycles. The maximum Gasteiger partial charge on any atom is 0.161 e. The van der Waals surface area contributed by atoms with E-state index in [1.807, 2.05) is 6.92 Å². The van der Waals surface area contributed by atoms with Crippen LogP contribution in [0.4, 0.5) is 0 Å². The lowest BCUT2D eigenvalue weighted by molar-refractivity contribution is -0.116. The third-order valence-electron chi connectivity index (χ3n) is 3.73. The van der Waals surface area contributed by atoms with Crippen LogP contribution >= 0.6 is 0 Å². The summed E-state index contributed by atoms with van der Waals surface area (Å²) in [6.07, 6.45) is 5.56. The van der Waals surface area contributed by atoms with Crippen molar-refractivity contribution in [3.05, 3.63) is 40.8 Å². The van der Waals surface area contributed by atoms with Crippen molar-refractivity contribution in [2.75, 3.05) is 0 Å². The molecule has 0 saturated heterocycles. The number of carbonyl (C=O) groups is 1. The average molecular weight is 254 g/mol. The van der Waals surface area contributed by atoms with Crippen molar-refractivity contribution in [1.82, 2.24) is 15.3 Å². The van der Waals surface area contributed by atoms with Crippen LogP contribution < -0.4 is 5.32 Å². The maximum absolute atomic E-state index is 12.2. The Hall–Kier alpha value is -2.35. The predicted octanol–water partition coefficient (Wildman–Crippen LogP) is 1.90. The van der Waals surface area contributed by atoms with Gasteiger partial charge in [0.15, 0.2) is 5.78 Å². The highest BCUT2D eigenvalue weighted by molar-refractivity contribution is 5.99. The van der Waals surface area contributed by atoms with Gasteiger partial charge in [-0.05, 0) is 19.8 Å². The Labute approximate surface area is 111 Å². The monoisotopic (exact) mass is 254 g/mol. The van der Waals surface area contributed by atoms with E-state index in [0.717, 1.165) is 35.5 Å². The Kier molecular flexibility index (Phi) is 2.71. The largest absolute Gasteiger partial charge is 0.361 e. The highest BCUT2D eigenvalue weighted by Crippen LogP contribution is 2.40. The normalized spacial score (nSPS) is 22.9. The summed E-state index contributed by atoms with van der Waals surface area (Å²) >= 11 is 0. The van der Waals surface area contributed by atoms with Gasteiger partial charge in [-0.1, -0.05) is 0 Å². The van der Waals surface area contributed by atoms with E-state index in [2.05, 4.69) is 21.4 Å². The number of imidazole rings is 1. The second-order valence-electron chi connectivity index (χ2n) is 4.88. The second-order valence-corrected chi connectivity index (χ2v) is 4.88. The number of carbonyl (C=O) groups excluding carboxylic acids is 1. The van der Waals surface area contributed by atoms with Crippen molar-refractivity contribution in [3.63, 3.8) is 0 Å². The number of nitrogens with one attached hydrogen (secondary N) is 2. The van der Waals surface area contributed by atoms with Crippen molar-refractivity contribution in [1.29, 1.82) is 5.26 Å². The molecular formula is C14H14N4O. The van der Waals surface area contributed by atoms with Crippen molar-refractivity contribution >= 4 is 5.78 Å². The molecule has 1 aliphatic heterocycles. The van der Waals surface area contributed by atoms with Gasteiger partial charge in [0.1, 0.15) is 0 Å². The summed E-state index contributed by atoms with van der Waals surface area (Å²) in [5.74, 6) is -0.162. The first-order valence-corrected chi connectivity index (χ1v) is 6.34. The Morgan fingerprint density at radius 2 is 2.32 bits per heavy atom. The minimum atomic E-state index is -0.295. The lowest BCUT2D eigenvalue weighted by atomic mass is 9.78. The molecule has 0 amide bonds. The van der Waals surface area contributed by atoms with Crippen LogP contribution in [-0.2, 0) is 4.79 Å². The molecule has 2 N–H and O–H groups in total. The molecule has 0 fully saturated rings. The predicted molar refractivity (Wildman–Crippen MR) is 68.7 cm³/mol. The molecule has 1 aromatic heterocycles. The number of allylic oxidation sites excluding steroid dienone is 4. The molecule has 1 aromatic rings. The number of H-pyrrole nitrogens is 1. The highest BCUT2D eigenvalue weighted by atomic mass is 16.1. The van der Waals surface area contributed by atoms with Gasteiger partial charge >= 0.3 is 0 Å². The Morgan fingerprint density at radius 3 is 3.00 bits per heavy atom. The Balaban J connectivity index is 2.18. The number of nitrogens with zero attached hydrogens (tertiary/aromatic N) is 2. The molecule has 1 atom stereocenters. The van der Waals surface area contributed by atoms with Crippen LogP contribution in [0.3, 0.4) is 0 Å². The van der Waals surface area contributed by atoms with Gasteiger partial charge in [0.05, 0.1) is 23.9 Å². The molecule has 2 aliphatic rings. The SMILES string of the molecule is CC1=C(C#N)[C@H](c2cnc[nH]2)C2=C(CCCC2=O)N1. The number of nitriles is 1. The molecule has 0 unspecified atom stereocenters. The van der Waals surface area contributed by atoms with E-state index in [-0.39, 0.29) is 11.7 Å². The van der Waals surface area contributed by atoms with Gasteiger partial charge in [0.25, 0.3) is 0 Å². The molecule has 0 spiro atoms. The molecule has 96 valence electrons. The zero-order valence-electron chi connectivity index (χ0n) is 10.7. The number of hydrogen-bond acceptors (Lipinski definition) is 4. The lowest BCUT2D eigenvalue weighted by Gasteiger charge is -2.31. The average Bonchev–Trinajstić information content (AvgIpc) is 2.91. The van der Waals surface area contributed by atoms with E-state index in [1.165, 1.54) is 0 Å². The molecular weight excluding hydrogens is 240 g/mol. The van der Waals surface area contributed by atoms with Crippen LogP contribution in [0.15, 0.2) is 35.1 Å². The molecule has 0 saturated carbocycles. The molecule has 5 heteroatoms. The fourth-order valence-electron chi connectivity index (χ4n) is 2.87. The summed E-state index contributed by atoms with van der Waals surface area (Å²) in [5, 5.41) is 12.6. The number of hydrogen-bond donors (Lipinski definition) is 2. The van der Waals surface area contributed by atoms with Crippen molar-refractivity contribution in [2.45, 2.75) is 32.1 Å². The van der Waals surface area contributed by atoms with Gasteiger partial charge in [-0.15, -0.1) is 0 Å². The summed E-state index contributed by atoms with van der Waals surface area (Å²) in [6.45, 7) is 1.88. The second kappa shape index (κ2) is 4.39. The number of ketones is 1. The zero-order valence-corrected chi connectivity index (χ0v) is 10.7. The molecule has 19 heavy (non-hydrogen) atoms. The molecule has 5 nitrogen and oxygen atoms in total. The van der Waals surface area contributed by atoms with Gasteiger partial charge in [0, 0.05) is 35.3 Å². The first-order chi connectivity index (χ1) is 9.22. The van der Waals surface area contributed by atoms with E-state index in [0.29, 0.717) is 12.0 Å². The van der Waals surface area contributed by atoms with Gasteiger partial charge in [-0.3, -0.25) is 4.79 Å². The lowest BCUT2D eigenvalue weighted by Crippen LogP contribution is -2.31. The topological polar surface area (TPSA) is 81.6 Å². The first kappa shape index (κ1) is 11.7. The summed E-state index contributed by atoms with van der Waals surface area (Å²) in [4.78, 5) is 19.3. The van der Waals surface area contributed by atoms with Crippen LogP contribution in [0.5, 0.6) is 0 Å². The molecule has 2 heterocycles. The van der Waals surface area contributed by atoms with Crippen LogP contribution in [-0.4, -0.2) is 15.8 Å². The molecule has 0 aromatic carbocycles. The smallest absolute Gasteiger partial charge is 0.161 e. The standard InChI is InChI=1S/C14H14N4O/c1-8-9(5-15)13(11-6-16-7-17-11)14-10(18-8)3-2-4-12(14)19/h6-7,13,18H,2-4H2,1H3,(H,16,17)/t13-/m1/s1. The van der Waals surface area contributed by atoms with Gasteiger partial charge in [0.2, 0.25) is 0 Å². The molecule has 0 radical (unpaired) electrons. The minimum Gasteiger partial charge on any atom is -0.361 e. The van der Waals surface area contributed by atoms with E-state index < -0.39 is 0 Å². The van der Waals surface area contributed by atoms with E-state index in [4.69, 9.17) is 0 Å². The van der Waals surface area contributed by atoms with Crippen LogP contribution in [0.25, 0.3) is 0 Å². The van der Waals surface area contributed by atoms with E-state index in [9.17, 15) is 10.1 Å². The highest BCUT2D eigenvalue weighted by Gasteiger charge is 2.36. The summed E-state index contributed by atoms with van der Waals surface area (Å²) in [5.41, 5.74) is 3.93. The number of aromatic amines is 1. The van der Waals surface area contributed by atoms with Gasteiger partial charge in [-0.2, -0.15) is 5.26 Å². The fourth-order valence-corrected chi connectivity index (χ4v) is 2.87. The van der Waals surface area contributed by atoms with Crippen molar-refractivity contribution in [3.8, 4) is 6.07 Å². The van der Waals surface area contributed by atoms with Crippen LogP contribution in [0.2, 0.25) is 0 Å². The van der Waals surface area contributed by atoms with Crippen LogP contribution in [0, 0.1) is 11.3 Å². The quantitative estimate of drug-likeness (QED) is 0.802. The van der Waals surface area contributed by atoms with Crippen molar-refractivity contribution < 1.29 is 4.79 Å². The molecule has 3 rings (SSSR count). The summed E-state index contributed by atoms with van der Waals surface area (Å²) in [6, 6.07) is 2.23. The fraction of sp³-hybridized carbons (Fsp3) is 0.357. The van der Waals surface area contributed by atoms with Crippen LogP contribution in [0.1, 0.15) is 37.8 Å². The number of rotatable bonds is 1. The number of dihydropyridines is 1. The Bertz CT molecular complexity index is 631. The van der Waals surface area contributed by atoms with Gasteiger partial charge in [-0.25, -0.2) is 4.98 Å². The zero-order chi connectivity index (χ0) is 13.4. The Morgan fingerprint density at radius 1 is 1.47 bits per heavy atom. The summed E-state index contributed by atoms with van der Waals surface area (Å²) in [7, 11) is 0. The summed E-state index contributed by atoms with van der Waals surface area (Å²) < 4.78 is 0. The van der Waals surface area contributed by atoms with Crippen molar-refractivity contribution in [2.24, 2.45) is 0 Å². The number of aromatic nitrogens is 2. The third-order valence-corrected chi connectivity index (χ3v) is 3.73. The van der Waals surface area contributed by atoms with E-state index in [1.54, 1.807) is 12.5 Å². The maximum atomic E-state index is 12.2. The van der Waals surface area contributed by atoms with Gasteiger partial charge < -0.3 is 10.3 Å². The minimum absolute atomic E-state index is 0.133. The first-order valence-electron chi connectivity index (χ1n) is 6.34. The molecule has 0 bridgehead atoms. The van der Waals surface area contributed by atoms with E-state index >= 15 is 0 Å². The number of Topliss-reactive ketones (excluding diaryl/α,β-unsaturated/α-hetero) is 1. The third kappa shape index (κ3) is 1.76.